The van der Waals surface area contributed by atoms with Crippen LogP contribution in [-0.2, 0) is 9.53 Å². The molecular formula is C10H16O4. The molecule has 0 aromatic carbocycles. The van der Waals surface area contributed by atoms with E-state index in [1.165, 1.54) is 6.08 Å². The highest BCUT2D eigenvalue weighted by molar-refractivity contribution is 5.69. The molecule has 0 amide bonds. The van der Waals surface area contributed by atoms with Crippen molar-refractivity contribution in [3.05, 3.63) is 12.2 Å². The summed E-state index contributed by atoms with van der Waals surface area (Å²) in [5, 5.41) is 18.7. The Morgan fingerprint density at radius 1 is 1.36 bits per heavy atom. The maximum absolute atomic E-state index is 11.1. The van der Waals surface area contributed by atoms with Crippen molar-refractivity contribution < 1.29 is 19.7 Å². The van der Waals surface area contributed by atoms with Gasteiger partial charge in [-0.05, 0) is 13.3 Å². The standard InChI is InChI=1S/C10H16O4/c1-7-6-9(12)3-2-8(11)4-5-10(13)14-7/h2-3,7-9,11-12H,4-6H2,1H3/t7-,8-,9-/m1/s1. The lowest BCUT2D eigenvalue weighted by atomic mass is 10.1. The number of rotatable bonds is 0. The molecule has 0 bridgehead atoms. The molecule has 0 aromatic heterocycles. The average Bonchev–Trinajstić information content (AvgIpc) is 2.10. The predicted octanol–water partition coefficient (Wildman–Crippen LogP) is 0.380. The number of hydrogen-bond acceptors (Lipinski definition) is 4. The molecular weight excluding hydrogens is 184 g/mol. The maximum Gasteiger partial charge on any atom is 0.306 e. The van der Waals surface area contributed by atoms with Crippen LogP contribution in [0, 0.1) is 0 Å². The summed E-state index contributed by atoms with van der Waals surface area (Å²) in [4.78, 5) is 11.1. The molecule has 4 heteroatoms. The Bertz CT molecular complexity index is 224. The summed E-state index contributed by atoms with van der Waals surface area (Å²) in [6, 6.07) is 0. The van der Waals surface area contributed by atoms with Gasteiger partial charge in [0, 0.05) is 12.8 Å². The second-order valence-electron chi connectivity index (χ2n) is 3.59. The first kappa shape index (κ1) is 11.2. The summed E-state index contributed by atoms with van der Waals surface area (Å²) >= 11 is 0. The first-order valence-corrected chi connectivity index (χ1v) is 4.82. The molecule has 1 aliphatic heterocycles. The summed E-state index contributed by atoms with van der Waals surface area (Å²) in [6.07, 6.45) is 2.37. The Hall–Kier alpha value is -0.870. The van der Waals surface area contributed by atoms with Gasteiger partial charge in [-0.2, -0.15) is 0 Å². The van der Waals surface area contributed by atoms with Crippen LogP contribution in [0.5, 0.6) is 0 Å². The highest BCUT2D eigenvalue weighted by Crippen LogP contribution is 2.10. The predicted molar refractivity (Wildman–Crippen MR) is 50.6 cm³/mol. The van der Waals surface area contributed by atoms with Crippen LogP contribution in [0.25, 0.3) is 0 Å². The van der Waals surface area contributed by atoms with Crippen molar-refractivity contribution in [3.63, 3.8) is 0 Å². The third kappa shape index (κ3) is 3.89. The van der Waals surface area contributed by atoms with Gasteiger partial charge < -0.3 is 14.9 Å². The minimum absolute atomic E-state index is 0.214. The molecule has 1 aliphatic rings. The fraction of sp³-hybridized carbons (Fsp3) is 0.700. The van der Waals surface area contributed by atoms with E-state index in [1.807, 2.05) is 0 Å². The number of cyclic esters (lactones) is 1. The van der Waals surface area contributed by atoms with Crippen LogP contribution in [0.15, 0.2) is 12.2 Å². The zero-order valence-corrected chi connectivity index (χ0v) is 8.22. The van der Waals surface area contributed by atoms with E-state index in [1.54, 1.807) is 13.0 Å². The van der Waals surface area contributed by atoms with Crippen LogP contribution in [0.1, 0.15) is 26.2 Å². The van der Waals surface area contributed by atoms with Crippen molar-refractivity contribution in [1.29, 1.82) is 0 Å². The summed E-state index contributed by atoms with van der Waals surface area (Å²) in [5.74, 6) is -0.320. The van der Waals surface area contributed by atoms with E-state index in [2.05, 4.69) is 0 Å². The number of ether oxygens (including phenoxy) is 1. The molecule has 1 heterocycles. The summed E-state index contributed by atoms with van der Waals surface area (Å²) in [6.45, 7) is 1.74. The van der Waals surface area contributed by atoms with Crippen molar-refractivity contribution in [1.82, 2.24) is 0 Å². The smallest absolute Gasteiger partial charge is 0.306 e. The van der Waals surface area contributed by atoms with E-state index in [0.717, 1.165) is 0 Å². The molecule has 1 rings (SSSR count). The topological polar surface area (TPSA) is 66.8 Å². The van der Waals surface area contributed by atoms with E-state index in [4.69, 9.17) is 4.74 Å². The fourth-order valence-electron chi connectivity index (χ4n) is 1.37. The Morgan fingerprint density at radius 3 is 2.71 bits per heavy atom. The second-order valence-corrected chi connectivity index (χ2v) is 3.59. The molecule has 0 fully saturated rings. The van der Waals surface area contributed by atoms with Crippen molar-refractivity contribution in [2.75, 3.05) is 0 Å². The molecule has 80 valence electrons. The third-order valence-corrected chi connectivity index (χ3v) is 2.11. The van der Waals surface area contributed by atoms with Crippen LogP contribution < -0.4 is 0 Å². The highest BCUT2D eigenvalue weighted by Gasteiger charge is 2.16. The van der Waals surface area contributed by atoms with E-state index < -0.39 is 12.2 Å². The van der Waals surface area contributed by atoms with Gasteiger partial charge in [-0.15, -0.1) is 0 Å². The number of aliphatic hydroxyl groups is 2. The SMILES string of the molecule is C[C@@H]1C[C@H](O)C=C[C@@H](O)CCC(=O)O1. The van der Waals surface area contributed by atoms with Crippen LogP contribution in [0.4, 0.5) is 0 Å². The Labute approximate surface area is 83.2 Å². The molecule has 4 nitrogen and oxygen atoms in total. The monoisotopic (exact) mass is 200 g/mol. The molecule has 0 saturated heterocycles. The summed E-state index contributed by atoms with van der Waals surface area (Å²) < 4.78 is 5.00. The largest absolute Gasteiger partial charge is 0.463 e. The van der Waals surface area contributed by atoms with Gasteiger partial charge in [0.15, 0.2) is 0 Å². The van der Waals surface area contributed by atoms with Gasteiger partial charge in [0.1, 0.15) is 6.10 Å². The molecule has 0 aliphatic carbocycles. The molecule has 0 saturated carbocycles. The quantitative estimate of drug-likeness (QED) is 0.438. The number of aliphatic hydroxyl groups excluding tert-OH is 2. The van der Waals surface area contributed by atoms with Gasteiger partial charge in [0.05, 0.1) is 12.2 Å². The molecule has 3 atom stereocenters. The summed E-state index contributed by atoms with van der Waals surface area (Å²) in [5.41, 5.74) is 0. The molecule has 0 aromatic rings. The molecule has 14 heavy (non-hydrogen) atoms. The third-order valence-electron chi connectivity index (χ3n) is 2.11. The summed E-state index contributed by atoms with van der Waals surface area (Å²) in [7, 11) is 0. The molecule has 0 radical (unpaired) electrons. The van der Waals surface area contributed by atoms with E-state index in [-0.39, 0.29) is 18.5 Å². The van der Waals surface area contributed by atoms with Gasteiger partial charge in [-0.25, -0.2) is 0 Å². The Balaban J connectivity index is 2.60. The van der Waals surface area contributed by atoms with E-state index in [0.29, 0.717) is 12.8 Å². The fourth-order valence-corrected chi connectivity index (χ4v) is 1.37. The molecule has 2 N–H and O–H groups in total. The lowest BCUT2D eigenvalue weighted by Gasteiger charge is -2.17. The van der Waals surface area contributed by atoms with E-state index in [9.17, 15) is 15.0 Å². The van der Waals surface area contributed by atoms with Crippen molar-refractivity contribution in [2.24, 2.45) is 0 Å². The zero-order chi connectivity index (χ0) is 10.6. The minimum Gasteiger partial charge on any atom is -0.463 e. The number of carbonyl (C=O) groups excluding carboxylic acids is 1. The van der Waals surface area contributed by atoms with Crippen molar-refractivity contribution in [3.8, 4) is 0 Å². The van der Waals surface area contributed by atoms with Gasteiger partial charge >= 0.3 is 5.97 Å². The van der Waals surface area contributed by atoms with Gasteiger partial charge in [-0.1, -0.05) is 12.2 Å². The lowest BCUT2D eigenvalue weighted by molar-refractivity contribution is -0.149. The maximum atomic E-state index is 11.1. The number of carbonyl (C=O) groups is 1. The molecule has 0 unspecified atom stereocenters. The van der Waals surface area contributed by atoms with Crippen LogP contribution >= 0.6 is 0 Å². The normalized spacial score (nSPS) is 35.1. The van der Waals surface area contributed by atoms with E-state index >= 15 is 0 Å². The van der Waals surface area contributed by atoms with Crippen LogP contribution in [0.3, 0.4) is 0 Å². The van der Waals surface area contributed by atoms with Gasteiger partial charge in [-0.3, -0.25) is 4.79 Å². The second kappa shape index (κ2) is 5.12. The van der Waals surface area contributed by atoms with Crippen molar-refractivity contribution in [2.45, 2.75) is 44.5 Å². The Kier molecular flexibility index (Phi) is 4.10. The lowest BCUT2D eigenvalue weighted by Crippen LogP contribution is -2.22. The van der Waals surface area contributed by atoms with Gasteiger partial charge in [0.2, 0.25) is 0 Å². The average molecular weight is 200 g/mol. The van der Waals surface area contributed by atoms with Crippen molar-refractivity contribution >= 4 is 5.97 Å². The first-order valence-electron chi connectivity index (χ1n) is 4.82. The molecule has 0 spiro atoms. The minimum atomic E-state index is -0.675. The van der Waals surface area contributed by atoms with Crippen LogP contribution in [-0.4, -0.2) is 34.5 Å². The first-order chi connectivity index (χ1) is 6.58. The van der Waals surface area contributed by atoms with Crippen LogP contribution in [0.2, 0.25) is 0 Å². The highest BCUT2D eigenvalue weighted by atomic mass is 16.5. The zero-order valence-electron chi connectivity index (χ0n) is 8.22. The number of esters is 1. The number of hydrogen-bond donors (Lipinski definition) is 2. The van der Waals surface area contributed by atoms with Gasteiger partial charge in [0.25, 0.3) is 0 Å². The Morgan fingerprint density at radius 2 is 2.00 bits per heavy atom.